The molecule has 8 nitrogen and oxygen atoms in total. The Balaban J connectivity index is 1.99. The molecule has 1 heterocycles. The van der Waals surface area contributed by atoms with Gasteiger partial charge in [-0.1, -0.05) is 17.3 Å². The van der Waals surface area contributed by atoms with Gasteiger partial charge in [0.15, 0.2) is 0 Å². The number of amides is 1. The number of oxime groups is 1. The minimum Gasteiger partial charge on any atom is -0.491 e. The molecule has 0 spiro atoms. The summed E-state index contributed by atoms with van der Waals surface area (Å²) < 4.78 is 11.1. The number of likely N-dealkylation sites (tertiary alicyclic amines) is 1. The summed E-state index contributed by atoms with van der Waals surface area (Å²) in [6.07, 6.45) is 0.464. The minimum absolute atomic E-state index is 0.163. The normalized spacial score (nSPS) is 16.8. The zero-order chi connectivity index (χ0) is 23.1. The maximum atomic E-state index is 13.3. The van der Waals surface area contributed by atoms with E-state index in [0.29, 0.717) is 48.8 Å². The molecule has 32 heavy (non-hydrogen) atoms. The molecule has 0 radical (unpaired) electrons. The number of rotatable bonds is 8. The first-order valence-electron chi connectivity index (χ1n) is 10.3. The molecule has 0 saturated carbocycles. The summed E-state index contributed by atoms with van der Waals surface area (Å²) in [5.74, 6) is 0.299. The Morgan fingerprint density at radius 2 is 2.06 bits per heavy atom. The number of nitriles is 1. The molecule has 3 rings (SSSR count). The number of carbonyl (C=O) groups excluding carboxylic acids is 1. The van der Waals surface area contributed by atoms with E-state index in [1.165, 1.54) is 7.11 Å². The maximum absolute atomic E-state index is 13.3. The Morgan fingerprint density at radius 1 is 1.25 bits per heavy atom. The molecule has 2 aromatic rings. The van der Waals surface area contributed by atoms with Gasteiger partial charge in [0.2, 0.25) is 0 Å². The van der Waals surface area contributed by atoms with Crippen molar-refractivity contribution in [3.8, 4) is 22.9 Å². The number of methoxy groups -OCH3 is 1. The van der Waals surface area contributed by atoms with Gasteiger partial charge in [-0.25, -0.2) is 0 Å². The fourth-order valence-electron chi connectivity index (χ4n) is 3.82. The zero-order valence-electron chi connectivity index (χ0n) is 18.5. The van der Waals surface area contributed by atoms with Crippen molar-refractivity contribution in [1.82, 2.24) is 4.90 Å². The standard InChI is InChI=1S/C24H27N3O5/c1-16-18(13-25)5-4-6-21(16)22-8-7-17(11-23(22)32-10-9-30-2)24(29)27-14-19(26-31-3)12-20(27)15-28/h4-8,11,20,28H,9-10,12,14-15H2,1-3H3/b26-19-. The maximum Gasteiger partial charge on any atom is 0.254 e. The van der Waals surface area contributed by atoms with Gasteiger partial charge in [-0.3, -0.25) is 4.79 Å². The average Bonchev–Trinajstić information content (AvgIpc) is 3.22. The lowest BCUT2D eigenvalue weighted by molar-refractivity contribution is 0.0679. The summed E-state index contributed by atoms with van der Waals surface area (Å²) in [4.78, 5) is 19.7. The molecule has 8 heteroatoms. The third kappa shape index (κ3) is 4.90. The predicted molar refractivity (Wildman–Crippen MR) is 120 cm³/mol. The van der Waals surface area contributed by atoms with E-state index >= 15 is 0 Å². The lowest BCUT2D eigenvalue weighted by Gasteiger charge is -2.23. The highest BCUT2D eigenvalue weighted by Crippen LogP contribution is 2.35. The van der Waals surface area contributed by atoms with Crippen LogP contribution in [0.3, 0.4) is 0 Å². The molecular weight excluding hydrogens is 410 g/mol. The largest absolute Gasteiger partial charge is 0.491 e. The quantitative estimate of drug-likeness (QED) is 0.503. The fraction of sp³-hybridized carbons (Fsp3) is 0.375. The summed E-state index contributed by atoms with van der Waals surface area (Å²) in [6, 6.07) is 12.6. The van der Waals surface area contributed by atoms with E-state index in [1.807, 2.05) is 25.1 Å². The van der Waals surface area contributed by atoms with Gasteiger partial charge < -0.3 is 24.3 Å². The molecule has 1 unspecified atom stereocenters. The molecule has 1 fully saturated rings. The summed E-state index contributed by atoms with van der Waals surface area (Å²) in [6.45, 7) is 2.72. The average molecular weight is 437 g/mol. The smallest absolute Gasteiger partial charge is 0.254 e. The van der Waals surface area contributed by atoms with Gasteiger partial charge >= 0.3 is 0 Å². The van der Waals surface area contributed by atoms with Crippen LogP contribution in [0.25, 0.3) is 11.1 Å². The van der Waals surface area contributed by atoms with Crippen LogP contribution < -0.4 is 4.74 Å². The highest BCUT2D eigenvalue weighted by molar-refractivity contribution is 6.01. The van der Waals surface area contributed by atoms with Gasteiger partial charge in [-0.05, 0) is 42.3 Å². The molecule has 1 amide bonds. The SMILES string of the molecule is COCCOc1cc(C(=O)N2C/C(=N\OC)CC2CO)ccc1-c1cccc(C#N)c1C. The second-order valence-electron chi connectivity index (χ2n) is 7.46. The van der Waals surface area contributed by atoms with Crippen molar-refractivity contribution in [3.05, 3.63) is 53.1 Å². The molecule has 1 saturated heterocycles. The monoisotopic (exact) mass is 437 g/mol. The molecule has 1 N–H and O–H groups in total. The van der Waals surface area contributed by atoms with Crippen LogP contribution in [-0.2, 0) is 9.57 Å². The Labute approximate surface area is 187 Å². The van der Waals surface area contributed by atoms with Gasteiger partial charge in [0.25, 0.3) is 5.91 Å². The molecule has 1 atom stereocenters. The Kier molecular flexibility index (Phi) is 7.82. The van der Waals surface area contributed by atoms with Crippen LogP contribution in [0.2, 0.25) is 0 Å². The van der Waals surface area contributed by atoms with Crippen LogP contribution in [-0.4, -0.2) is 68.3 Å². The number of nitrogens with zero attached hydrogens (tertiary/aromatic N) is 3. The highest BCUT2D eigenvalue weighted by atomic mass is 16.6. The highest BCUT2D eigenvalue weighted by Gasteiger charge is 2.33. The van der Waals surface area contributed by atoms with E-state index < -0.39 is 0 Å². The van der Waals surface area contributed by atoms with Crippen LogP contribution in [0.1, 0.15) is 27.9 Å². The Hall–Kier alpha value is -3.41. The van der Waals surface area contributed by atoms with E-state index in [4.69, 9.17) is 14.3 Å². The molecule has 0 aromatic heterocycles. The van der Waals surface area contributed by atoms with E-state index in [-0.39, 0.29) is 18.6 Å². The van der Waals surface area contributed by atoms with Gasteiger partial charge in [0, 0.05) is 24.7 Å². The zero-order valence-corrected chi connectivity index (χ0v) is 18.5. The number of aliphatic hydroxyl groups is 1. The van der Waals surface area contributed by atoms with Gasteiger partial charge in [-0.15, -0.1) is 0 Å². The molecule has 0 aliphatic carbocycles. The van der Waals surface area contributed by atoms with Crippen molar-refractivity contribution in [2.75, 3.05) is 40.6 Å². The van der Waals surface area contributed by atoms with Crippen LogP contribution in [0.5, 0.6) is 5.75 Å². The van der Waals surface area contributed by atoms with Crippen molar-refractivity contribution in [2.24, 2.45) is 5.16 Å². The minimum atomic E-state index is -0.358. The molecule has 0 bridgehead atoms. The summed E-state index contributed by atoms with van der Waals surface area (Å²) >= 11 is 0. The van der Waals surface area contributed by atoms with Gasteiger partial charge in [-0.2, -0.15) is 5.26 Å². The second kappa shape index (κ2) is 10.8. The number of hydrogen-bond acceptors (Lipinski definition) is 7. The van der Waals surface area contributed by atoms with E-state index in [1.54, 1.807) is 30.2 Å². The van der Waals surface area contributed by atoms with Gasteiger partial charge in [0.1, 0.15) is 19.5 Å². The van der Waals surface area contributed by atoms with Crippen LogP contribution in [0.4, 0.5) is 0 Å². The third-order valence-corrected chi connectivity index (χ3v) is 5.47. The van der Waals surface area contributed by atoms with Crippen LogP contribution >= 0.6 is 0 Å². The van der Waals surface area contributed by atoms with Gasteiger partial charge in [0.05, 0.1) is 43.1 Å². The predicted octanol–water partition coefficient (Wildman–Crippen LogP) is 2.77. The molecule has 1 aliphatic heterocycles. The first kappa shape index (κ1) is 23.3. The van der Waals surface area contributed by atoms with Crippen LogP contribution in [0, 0.1) is 18.3 Å². The molecule has 168 valence electrons. The summed E-state index contributed by atoms with van der Waals surface area (Å²) in [7, 11) is 3.05. The van der Waals surface area contributed by atoms with Crippen molar-refractivity contribution >= 4 is 11.6 Å². The first-order chi connectivity index (χ1) is 15.5. The third-order valence-electron chi connectivity index (χ3n) is 5.47. The van der Waals surface area contributed by atoms with E-state index in [2.05, 4.69) is 11.2 Å². The first-order valence-corrected chi connectivity index (χ1v) is 10.3. The summed E-state index contributed by atoms with van der Waals surface area (Å²) in [5, 5.41) is 23.1. The lowest BCUT2D eigenvalue weighted by Crippen LogP contribution is -2.37. The fourth-order valence-corrected chi connectivity index (χ4v) is 3.82. The molecular formula is C24H27N3O5. The number of aliphatic hydroxyl groups excluding tert-OH is 1. The van der Waals surface area contributed by atoms with Crippen LogP contribution in [0.15, 0.2) is 41.6 Å². The second-order valence-corrected chi connectivity index (χ2v) is 7.46. The summed E-state index contributed by atoms with van der Waals surface area (Å²) in [5.41, 5.74) is 4.21. The Morgan fingerprint density at radius 3 is 2.75 bits per heavy atom. The Bertz CT molecular complexity index is 1040. The van der Waals surface area contributed by atoms with E-state index in [0.717, 1.165) is 16.7 Å². The van der Waals surface area contributed by atoms with E-state index in [9.17, 15) is 15.2 Å². The number of ether oxygens (including phenoxy) is 2. The number of carbonyl (C=O) groups is 1. The molecule has 2 aromatic carbocycles. The van der Waals surface area contributed by atoms with Crippen molar-refractivity contribution < 1.29 is 24.2 Å². The number of hydrogen-bond donors (Lipinski definition) is 1. The topological polar surface area (TPSA) is 104 Å². The van der Waals surface area contributed by atoms with Crippen molar-refractivity contribution in [3.63, 3.8) is 0 Å². The lowest BCUT2D eigenvalue weighted by atomic mass is 9.95. The van der Waals surface area contributed by atoms with Crippen molar-refractivity contribution in [1.29, 1.82) is 5.26 Å². The van der Waals surface area contributed by atoms with Crippen molar-refractivity contribution in [2.45, 2.75) is 19.4 Å². The molecule has 1 aliphatic rings. The number of benzene rings is 2.